The molecule has 1 amide bonds. The lowest BCUT2D eigenvalue weighted by Gasteiger charge is -2.38. The van der Waals surface area contributed by atoms with Gasteiger partial charge >= 0.3 is 18.0 Å². The summed E-state index contributed by atoms with van der Waals surface area (Å²) in [5.74, 6) is -2.39. The molecule has 2 N–H and O–H groups in total. The quantitative estimate of drug-likeness (QED) is 0.664. The number of benzene rings is 1. The SMILES string of the molecule is CC(=O)NC(Nc1ccc(F)cc1)(C(F)(F)F)C(F)(F)F. The van der Waals surface area contributed by atoms with Crippen molar-refractivity contribution < 1.29 is 35.5 Å². The van der Waals surface area contributed by atoms with E-state index in [1.54, 1.807) is 0 Å². The van der Waals surface area contributed by atoms with Gasteiger partial charge in [-0.1, -0.05) is 0 Å². The monoisotopic (exact) mass is 318 g/mol. The second-order valence-corrected chi connectivity index (χ2v) is 4.06. The van der Waals surface area contributed by atoms with Crippen LogP contribution in [0.25, 0.3) is 0 Å². The Morgan fingerprint density at radius 3 is 1.71 bits per heavy atom. The highest BCUT2D eigenvalue weighted by Gasteiger charge is 2.72. The van der Waals surface area contributed by atoms with Crippen LogP contribution in [0.5, 0.6) is 0 Å². The van der Waals surface area contributed by atoms with E-state index in [4.69, 9.17) is 0 Å². The number of halogens is 7. The molecule has 0 unspecified atom stereocenters. The minimum absolute atomic E-state index is 0.512. The van der Waals surface area contributed by atoms with E-state index in [0.717, 1.165) is 5.32 Å². The largest absolute Gasteiger partial charge is 0.439 e. The first-order chi connectivity index (χ1) is 9.39. The first-order valence-corrected chi connectivity index (χ1v) is 5.35. The predicted octanol–water partition coefficient (Wildman–Crippen LogP) is 3.19. The first-order valence-electron chi connectivity index (χ1n) is 5.35. The molecule has 0 radical (unpaired) electrons. The molecule has 0 aromatic heterocycles. The van der Waals surface area contributed by atoms with Crippen LogP contribution in [0.3, 0.4) is 0 Å². The smallest absolute Gasteiger partial charge is 0.348 e. The number of anilines is 1. The molecule has 0 aliphatic rings. The van der Waals surface area contributed by atoms with Crippen LogP contribution in [0.2, 0.25) is 0 Å². The molecule has 21 heavy (non-hydrogen) atoms. The van der Waals surface area contributed by atoms with Crippen LogP contribution < -0.4 is 10.6 Å². The van der Waals surface area contributed by atoms with Crippen LogP contribution in [0.4, 0.5) is 36.4 Å². The average molecular weight is 318 g/mol. The highest BCUT2D eigenvalue weighted by Crippen LogP contribution is 2.43. The fourth-order valence-corrected chi connectivity index (χ4v) is 1.49. The maximum Gasteiger partial charge on any atom is 0.439 e. The van der Waals surface area contributed by atoms with Crippen LogP contribution >= 0.6 is 0 Å². The normalized spacial score (nSPS) is 13.0. The van der Waals surface area contributed by atoms with E-state index in [-0.39, 0.29) is 0 Å². The van der Waals surface area contributed by atoms with E-state index >= 15 is 0 Å². The Balaban J connectivity index is 3.35. The summed E-state index contributed by atoms with van der Waals surface area (Å²) in [6, 6.07) is 2.72. The minimum Gasteiger partial charge on any atom is -0.348 e. The van der Waals surface area contributed by atoms with Crippen molar-refractivity contribution in [3.8, 4) is 0 Å². The van der Waals surface area contributed by atoms with Crippen molar-refractivity contribution in [3.05, 3.63) is 30.1 Å². The Morgan fingerprint density at radius 2 is 1.38 bits per heavy atom. The second kappa shape index (κ2) is 5.41. The highest BCUT2D eigenvalue weighted by molar-refractivity contribution is 5.75. The Kier molecular flexibility index (Phi) is 4.40. The summed E-state index contributed by atoms with van der Waals surface area (Å²) in [6.45, 7) is 0.512. The summed E-state index contributed by atoms with van der Waals surface area (Å²) in [4.78, 5) is 10.8. The number of carbonyl (C=O) groups excluding carboxylic acids is 1. The van der Waals surface area contributed by atoms with Gasteiger partial charge in [-0.3, -0.25) is 4.79 Å². The zero-order valence-electron chi connectivity index (χ0n) is 10.4. The molecule has 0 bridgehead atoms. The van der Waals surface area contributed by atoms with Crippen LogP contribution in [-0.2, 0) is 4.79 Å². The average Bonchev–Trinajstić information content (AvgIpc) is 2.27. The lowest BCUT2D eigenvalue weighted by atomic mass is 10.1. The van der Waals surface area contributed by atoms with Gasteiger partial charge in [0.05, 0.1) is 0 Å². The van der Waals surface area contributed by atoms with Crippen LogP contribution in [0.15, 0.2) is 24.3 Å². The van der Waals surface area contributed by atoms with Crippen LogP contribution in [-0.4, -0.2) is 23.9 Å². The molecular weight excluding hydrogens is 309 g/mol. The lowest BCUT2D eigenvalue weighted by Crippen LogP contribution is -2.71. The summed E-state index contributed by atoms with van der Waals surface area (Å²) in [6.07, 6.45) is -11.8. The van der Waals surface area contributed by atoms with Gasteiger partial charge in [-0.25, -0.2) is 4.39 Å². The number of rotatable bonds is 3. The predicted molar refractivity (Wildman–Crippen MR) is 58.7 cm³/mol. The van der Waals surface area contributed by atoms with Gasteiger partial charge in [-0.05, 0) is 24.3 Å². The fraction of sp³-hybridized carbons (Fsp3) is 0.364. The van der Waals surface area contributed by atoms with E-state index in [0.29, 0.717) is 31.2 Å². The summed E-state index contributed by atoms with van der Waals surface area (Å²) >= 11 is 0. The Hall–Kier alpha value is -2.00. The Labute approximate surface area is 114 Å². The summed E-state index contributed by atoms with van der Waals surface area (Å²) in [5, 5.41) is 2.02. The first kappa shape index (κ1) is 17.1. The molecule has 1 aromatic rings. The third-order valence-corrected chi connectivity index (χ3v) is 2.39. The molecule has 3 nitrogen and oxygen atoms in total. The van der Waals surface area contributed by atoms with Crippen molar-refractivity contribution in [2.75, 3.05) is 5.32 Å². The molecule has 0 fully saturated rings. The zero-order chi connectivity index (χ0) is 16.5. The molecule has 10 heteroatoms. The molecule has 0 aliphatic heterocycles. The van der Waals surface area contributed by atoms with Gasteiger partial charge in [0.25, 0.3) is 0 Å². The van der Waals surface area contributed by atoms with Gasteiger partial charge in [-0.2, -0.15) is 26.3 Å². The molecular formula is C11H9F7N2O. The van der Waals surface area contributed by atoms with Gasteiger partial charge in [0, 0.05) is 12.6 Å². The molecule has 0 heterocycles. The number of hydrogen-bond donors (Lipinski definition) is 2. The lowest BCUT2D eigenvalue weighted by molar-refractivity contribution is -0.295. The molecule has 1 aromatic carbocycles. The third kappa shape index (κ3) is 3.56. The summed E-state index contributed by atoms with van der Waals surface area (Å²) in [5.41, 5.74) is -5.34. The molecule has 0 spiro atoms. The summed E-state index contributed by atoms with van der Waals surface area (Å²) in [7, 11) is 0. The molecule has 0 saturated carbocycles. The van der Waals surface area contributed by atoms with Gasteiger partial charge in [0.1, 0.15) is 5.82 Å². The number of alkyl halides is 6. The Bertz CT molecular complexity index is 493. The van der Waals surface area contributed by atoms with Crippen molar-refractivity contribution in [3.63, 3.8) is 0 Å². The molecule has 118 valence electrons. The van der Waals surface area contributed by atoms with Crippen molar-refractivity contribution in [2.24, 2.45) is 0 Å². The molecule has 1 rings (SSSR count). The Morgan fingerprint density at radius 1 is 0.952 bits per heavy atom. The standard InChI is InChI=1S/C11H9F7N2O/c1-6(21)19-9(10(13,14)15,11(16,17)18)20-8-4-2-7(12)3-5-8/h2-5,20H,1H3,(H,19,21). The van der Waals surface area contributed by atoms with E-state index in [9.17, 15) is 35.5 Å². The third-order valence-electron chi connectivity index (χ3n) is 2.39. The van der Waals surface area contributed by atoms with Crippen molar-refractivity contribution in [2.45, 2.75) is 24.9 Å². The molecule has 0 saturated heterocycles. The maximum absolute atomic E-state index is 12.9. The fourth-order valence-electron chi connectivity index (χ4n) is 1.49. The summed E-state index contributed by atoms with van der Waals surface area (Å²) < 4.78 is 90.2. The van der Waals surface area contributed by atoms with E-state index < -0.39 is 35.4 Å². The molecule has 0 aliphatic carbocycles. The van der Waals surface area contributed by atoms with Crippen molar-refractivity contribution in [1.82, 2.24) is 5.32 Å². The van der Waals surface area contributed by atoms with E-state index in [1.165, 1.54) is 5.32 Å². The minimum atomic E-state index is -5.88. The van der Waals surface area contributed by atoms with Crippen molar-refractivity contribution in [1.29, 1.82) is 0 Å². The van der Waals surface area contributed by atoms with Gasteiger partial charge < -0.3 is 10.6 Å². The van der Waals surface area contributed by atoms with Crippen LogP contribution in [0.1, 0.15) is 6.92 Å². The van der Waals surface area contributed by atoms with E-state index in [2.05, 4.69) is 0 Å². The van der Waals surface area contributed by atoms with Crippen LogP contribution in [0, 0.1) is 5.82 Å². The second-order valence-electron chi connectivity index (χ2n) is 4.06. The maximum atomic E-state index is 12.9. The zero-order valence-corrected chi connectivity index (χ0v) is 10.4. The van der Waals surface area contributed by atoms with E-state index in [1.807, 2.05) is 0 Å². The topological polar surface area (TPSA) is 41.1 Å². The number of nitrogens with one attached hydrogen (secondary N) is 2. The number of amides is 1. The number of hydrogen-bond acceptors (Lipinski definition) is 2. The van der Waals surface area contributed by atoms with Gasteiger partial charge in [0.2, 0.25) is 5.91 Å². The highest BCUT2D eigenvalue weighted by atomic mass is 19.4. The van der Waals surface area contributed by atoms with Gasteiger partial charge in [0.15, 0.2) is 0 Å². The van der Waals surface area contributed by atoms with Crippen molar-refractivity contribution >= 4 is 11.6 Å². The molecule has 0 atom stereocenters. The number of carbonyl (C=O) groups is 1. The van der Waals surface area contributed by atoms with Gasteiger partial charge in [-0.15, -0.1) is 0 Å².